The van der Waals surface area contributed by atoms with E-state index in [0.29, 0.717) is 28.7 Å². The maximum absolute atomic E-state index is 13.8. The van der Waals surface area contributed by atoms with Crippen LogP contribution in [0.1, 0.15) is 44.6 Å². The molecule has 3 aromatic carbocycles. The Morgan fingerprint density at radius 2 is 1.76 bits per heavy atom. The van der Waals surface area contributed by atoms with Crippen LogP contribution in [0.3, 0.4) is 0 Å². The number of methoxy groups -OCH3 is 2. The van der Waals surface area contributed by atoms with Crippen LogP contribution in [0.15, 0.2) is 101 Å². The normalized spacial score (nSPS) is 14.2. The van der Waals surface area contributed by atoms with Crippen molar-refractivity contribution in [2.24, 2.45) is 5.10 Å². The van der Waals surface area contributed by atoms with E-state index in [2.05, 4.69) is 15.5 Å². The zero-order valence-corrected chi connectivity index (χ0v) is 27.2. The predicted octanol–water partition coefficient (Wildman–Crippen LogP) is 6.05. The maximum Gasteiger partial charge on any atom is 0.253 e. The number of hydrogen-bond donors (Lipinski definition) is 1. The Bertz CT molecular complexity index is 1870. The van der Waals surface area contributed by atoms with Crippen molar-refractivity contribution in [1.82, 2.24) is 25.1 Å². The molecule has 0 fully saturated rings. The lowest BCUT2D eigenvalue weighted by atomic mass is 10.0. The molecule has 2 aromatic heterocycles. The zero-order valence-electron chi connectivity index (χ0n) is 25.5. The van der Waals surface area contributed by atoms with Crippen molar-refractivity contribution >= 4 is 40.6 Å². The quantitative estimate of drug-likeness (QED) is 0.173. The van der Waals surface area contributed by atoms with E-state index in [1.165, 1.54) is 11.8 Å². The van der Waals surface area contributed by atoms with Gasteiger partial charge in [0.25, 0.3) is 11.8 Å². The number of amides is 2. The van der Waals surface area contributed by atoms with E-state index in [1.807, 2.05) is 77.5 Å². The van der Waals surface area contributed by atoms with Crippen molar-refractivity contribution < 1.29 is 19.1 Å². The van der Waals surface area contributed by atoms with Crippen LogP contribution in [-0.4, -0.2) is 57.3 Å². The van der Waals surface area contributed by atoms with Crippen LogP contribution in [0.5, 0.6) is 11.5 Å². The number of rotatable bonds is 11. The van der Waals surface area contributed by atoms with Gasteiger partial charge in [-0.1, -0.05) is 48.2 Å². The molecule has 3 heterocycles. The number of hydrogen-bond acceptors (Lipinski definition) is 9. The van der Waals surface area contributed by atoms with Crippen molar-refractivity contribution in [1.29, 1.82) is 0 Å². The minimum absolute atomic E-state index is 0.0913. The molecule has 12 heteroatoms. The van der Waals surface area contributed by atoms with Gasteiger partial charge >= 0.3 is 0 Å². The van der Waals surface area contributed by atoms with Gasteiger partial charge in [0, 0.05) is 17.7 Å². The van der Waals surface area contributed by atoms with Gasteiger partial charge in [0.1, 0.15) is 11.5 Å². The van der Waals surface area contributed by atoms with Crippen LogP contribution in [0, 0.1) is 6.92 Å². The molecule has 1 unspecified atom stereocenters. The van der Waals surface area contributed by atoms with E-state index >= 15 is 0 Å². The second kappa shape index (κ2) is 14.0. The van der Waals surface area contributed by atoms with Crippen LogP contribution in [0.2, 0.25) is 0 Å². The van der Waals surface area contributed by atoms with Crippen molar-refractivity contribution in [2.75, 3.05) is 20.0 Å². The van der Waals surface area contributed by atoms with Crippen molar-refractivity contribution in [3.8, 4) is 17.2 Å². The van der Waals surface area contributed by atoms with Crippen molar-refractivity contribution in [3.63, 3.8) is 0 Å². The SMILES string of the molecule is COc1ccc(C2CC(c3cccs3)=NN2C(=O)CSc2nnc(CNC(=O)c3cccc(OC)c3)n2-c2cccc(C)c2)cc1. The molecule has 10 nitrogen and oxygen atoms in total. The lowest BCUT2D eigenvalue weighted by Crippen LogP contribution is -2.28. The Morgan fingerprint density at radius 3 is 2.50 bits per heavy atom. The van der Waals surface area contributed by atoms with E-state index in [9.17, 15) is 9.59 Å². The van der Waals surface area contributed by atoms with E-state index in [0.717, 1.165) is 33.2 Å². The topological polar surface area (TPSA) is 111 Å². The molecular weight excluding hydrogens is 621 g/mol. The predicted molar refractivity (Wildman–Crippen MR) is 179 cm³/mol. The fourth-order valence-electron chi connectivity index (χ4n) is 5.17. The summed E-state index contributed by atoms with van der Waals surface area (Å²) in [6, 6.07) is 26.4. The smallest absolute Gasteiger partial charge is 0.253 e. The molecule has 0 radical (unpaired) electrons. The molecular formula is C34H32N6O4S2. The number of aryl methyl sites for hydroxylation is 1. The molecule has 2 amide bonds. The number of ether oxygens (including phenoxy) is 2. The third-order valence-electron chi connectivity index (χ3n) is 7.50. The Labute approximate surface area is 275 Å². The largest absolute Gasteiger partial charge is 0.497 e. The first-order valence-corrected chi connectivity index (χ1v) is 16.4. The third kappa shape index (κ3) is 6.82. The summed E-state index contributed by atoms with van der Waals surface area (Å²) in [6.45, 7) is 2.13. The molecule has 1 N–H and O–H groups in total. The lowest BCUT2D eigenvalue weighted by Gasteiger charge is -2.22. The minimum atomic E-state index is -0.264. The number of thioether (sulfide) groups is 1. The molecule has 6 rings (SSSR count). The van der Waals surface area contributed by atoms with Gasteiger partial charge in [-0.15, -0.1) is 21.5 Å². The summed E-state index contributed by atoms with van der Waals surface area (Å²) >= 11 is 2.89. The molecule has 46 heavy (non-hydrogen) atoms. The summed E-state index contributed by atoms with van der Waals surface area (Å²) in [5, 5.41) is 20.7. The molecule has 234 valence electrons. The lowest BCUT2D eigenvalue weighted by molar-refractivity contribution is -0.130. The number of hydrazone groups is 1. The average Bonchev–Trinajstić information content (AvgIpc) is 3.86. The van der Waals surface area contributed by atoms with Crippen molar-refractivity contribution in [2.45, 2.75) is 31.1 Å². The molecule has 1 atom stereocenters. The summed E-state index contributed by atoms with van der Waals surface area (Å²) in [6.07, 6.45) is 0.611. The molecule has 0 saturated carbocycles. The van der Waals surface area contributed by atoms with E-state index in [1.54, 1.807) is 54.8 Å². The summed E-state index contributed by atoms with van der Waals surface area (Å²) in [7, 11) is 3.19. The second-order valence-electron chi connectivity index (χ2n) is 10.5. The van der Waals surface area contributed by atoms with Gasteiger partial charge in [-0.05, 0) is 72.0 Å². The molecule has 0 saturated heterocycles. The maximum atomic E-state index is 13.8. The molecule has 0 spiro atoms. The second-order valence-corrected chi connectivity index (χ2v) is 12.4. The monoisotopic (exact) mass is 652 g/mol. The average molecular weight is 653 g/mol. The number of benzene rings is 3. The van der Waals surface area contributed by atoms with E-state index < -0.39 is 0 Å². The van der Waals surface area contributed by atoms with Crippen molar-refractivity contribution in [3.05, 3.63) is 118 Å². The Morgan fingerprint density at radius 1 is 0.957 bits per heavy atom. The number of nitrogens with one attached hydrogen (secondary N) is 1. The minimum Gasteiger partial charge on any atom is -0.497 e. The highest BCUT2D eigenvalue weighted by Crippen LogP contribution is 2.35. The molecule has 0 aliphatic carbocycles. The standard InChI is InChI=1S/C34H32N6O4S2/c1-22-7-4-9-25(17-22)39-31(20-35-33(42)24-8-5-10-27(18-24)44-3)36-37-34(39)46-21-32(41)40-29(23-12-14-26(43-2)15-13-23)19-28(38-40)30-11-6-16-45-30/h4-18,29H,19-21H2,1-3H3,(H,35,42). The third-order valence-corrected chi connectivity index (χ3v) is 9.33. The molecule has 5 aromatic rings. The first kappa shape index (κ1) is 31.1. The van der Waals surface area contributed by atoms with E-state index in [-0.39, 0.29) is 30.2 Å². The van der Waals surface area contributed by atoms with Gasteiger partial charge in [0.05, 0.1) is 43.1 Å². The molecule has 1 aliphatic rings. The highest BCUT2D eigenvalue weighted by Gasteiger charge is 2.33. The van der Waals surface area contributed by atoms with Crippen LogP contribution in [0.25, 0.3) is 5.69 Å². The zero-order chi connectivity index (χ0) is 32.0. The Balaban J connectivity index is 1.23. The van der Waals surface area contributed by atoms with Gasteiger partial charge in [0.2, 0.25) is 0 Å². The fraction of sp³-hybridized carbons (Fsp3) is 0.206. The summed E-state index contributed by atoms with van der Waals surface area (Å²) in [5.41, 5.74) is 4.22. The number of carbonyl (C=O) groups is 2. The number of nitrogens with zero attached hydrogens (tertiary/aromatic N) is 5. The summed E-state index contributed by atoms with van der Waals surface area (Å²) in [5.74, 6) is 1.56. The highest BCUT2D eigenvalue weighted by atomic mass is 32.2. The summed E-state index contributed by atoms with van der Waals surface area (Å²) < 4.78 is 12.5. The summed E-state index contributed by atoms with van der Waals surface area (Å²) in [4.78, 5) is 27.8. The van der Waals surface area contributed by atoms with Gasteiger partial charge < -0.3 is 14.8 Å². The van der Waals surface area contributed by atoms with E-state index in [4.69, 9.17) is 14.6 Å². The van der Waals surface area contributed by atoms with Crippen LogP contribution < -0.4 is 14.8 Å². The first-order valence-electron chi connectivity index (χ1n) is 14.6. The number of thiophene rings is 1. The highest BCUT2D eigenvalue weighted by molar-refractivity contribution is 7.99. The molecule has 1 aliphatic heterocycles. The Hall–Kier alpha value is -4.94. The first-order chi connectivity index (χ1) is 22.4. The van der Waals surface area contributed by atoms with Gasteiger partial charge in [-0.2, -0.15) is 5.10 Å². The molecule has 0 bridgehead atoms. The van der Waals surface area contributed by atoms with Crippen LogP contribution in [-0.2, 0) is 11.3 Å². The van der Waals surface area contributed by atoms with Gasteiger partial charge in [-0.3, -0.25) is 14.2 Å². The van der Waals surface area contributed by atoms with Gasteiger partial charge in [-0.25, -0.2) is 5.01 Å². The number of carbonyl (C=O) groups excluding carboxylic acids is 2. The van der Waals surface area contributed by atoms with Crippen LogP contribution >= 0.6 is 23.1 Å². The van der Waals surface area contributed by atoms with Crippen LogP contribution in [0.4, 0.5) is 0 Å². The van der Waals surface area contributed by atoms with Gasteiger partial charge in [0.15, 0.2) is 11.0 Å². The fourth-order valence-corrected chi connectivity index (χ4v) is 6.71. The number of aromatic nitrogens is 3. The Kier molecular flexibility index (Phi) is 9.46.